The summed E-state index contributed by atoms with van der Waals surface area (Å²) >= 11 is 0. The molecule has 21 heavy (non-hydrogen) atoms. The molecule has 0 bridgehead atoms. The second-order valence-electron chi connectivity index (χ2n) is 5.81. The third kappa shape index (κ3) is 2.54. The number of halogens is 3. The Hall–Kier alpha value is -1.86. The van der Waals surface area contributed by atoms with Crippen LogP contribution >= 0.6 is 0 Å². The molecule has 2 heterocycles. The van der Waals surface area contributed by atoms with Gasteiger partial charge in [0.1, 0.15) is 5.52 Å². The Kier molecular flexibility index (Phi) is 2.64. The van der Waals surface area contributed by atoms with Crippen LogP contribution in [0, 0.1) is 5.92 Å². The molecule has 2 saturated carbocycles. The van der Waals surface area contributed by atoms with E-state index in [-0.39, 0.29) is 5.65 Å². The first-order valence-electron chi connectivity index (χ1n) is 7.08. The maximum absolute atomic E-state index is 12.8. The molecule has 0 radical (unpaired) electrons. The van der Waals surface area contributed by atoms with Gasteiger partial charge >= 0.3 is 6.18 Å². The number of alkyl halides is 3. The molecule has 0 unspecified atom stereocenters. The Balaban J connectivity index is 1.79. The first-order chi connectivity index (χ1) is 10.0. The number of nitrogens with zero attached hydrogens (tertiary/aromatic N) is 4. The van der Waals surface area contributed by atoms with Crippen LogP contribution in [0.2, 0.25) is 0 Å². The molecule has 4 rings (SSSR count). The van der Waals surface area contributed by atoms with Crippen molar-refractivity contribution in [2.75, 3.05) is 5.32 Å². The van der Waals surface area contributed by atoms with Crippen molar-refractivity contribution in [3.63, 3.8) is 0 Å². The van der Waals surface area contributed by atoms with Gasteiger partial charge in [0, 0.05) is 12.6 Å². The number of rotatable bonds is 4. The summed E-state index contributed by atoms with van der Waals surface area (Å²) in [5.74, 6) is 0.0319. The molecule has 1 N–H and O–H groups in total. The van der Waals surface area contributed by atoms with E-state index < -0.39 is 12.0 Å². The van der Waals surface area contributed by atoms with Crippen LogP contribution < -0.4 is 5.32 Å². The summed E-state index contributed by atoms with van der Waals surface area (Å²) in [6, 6.07) is 0.384. The molecule has 0 spiro atoms. The summed E-state index contributed by atoms with van der Waals surface area (Å²) in [6.07, 6.45) is 0.997. The topological polar surface area (TPSA) is 55.6 Å². The number of imidazole rings is 1. The minimum Gasteiger partial charge on any atom is -0.353 e. The Labute approximate surface area is 118 Å². The van der Waals surface area contributed by atoms with Crippen molar-refractivity contribution in [3.8, 4) is 0 Å². The van der Waals surface area contributed by atoms with Crippen molar-refractivity contribution in [2.24, 2.45) is 5.92 Å². The van der Waals surface area contributed by atoms with Crippen LogP contribution in [-0.4, -0.2) is 25.6 Å². The van der Waals surface area contributed by atoms with Gasteiger partial charge in [-0.1, -0.05) is 0 Å². The van der Waals surface area contributed by atoms with Gasteiger partial charge in [-0.3, -0.25) is 4.57 Å². The van der Waals surface area contributed by atoms with Gasteiger partial charge in [-0.15, -0.1) is 0 Å². The highest BCUT2D eigenvalue weighted by Crippen LogP contribution is 2.35. The fourth-order valence-electron chi connectivity index (χ4n) is 2.31. The summed E-state index contributed by atoms with van der Waals surface area (Å²) < 4.78 is 40.1. The number of hydrogen-bond acceptors (Lipinski definition) is 4. The van der Waals surface area contributed by atoms with Gasteiger partial charge in [-0.25, -0.2) is 15.0 Å². The maximum Gasteiger partial charge on any atom is 0.451 e. The van der Waals surface area contributed by atoms with E-state index in [0.29, 0.717) is 30.0 Å². The van der Waals surface area contributed by atoms with Crippen LogP contribution in [0.4, 0.5) is 19.1 Å². The lowest BCUT2D eigenvalue weighted by molar-refractivity contribution is -0.144. The maximum atomic E-state index is 12.8. The molecule has 2 aromatic heterocycles. The summed E-state index contributed by atoms with van der Waals surface area (Å²) in [6.45, 7) is 0.667. The van der Waals surface area contributed by atoms with E-state index >= 15 is 0 Å². The van der Waals surface area contributed by atoms with Gasteiger partial charge in [0.2, 0.25) is 11.8 Å². The number of anilines is 1. The highest BCUT2D eigenvalue weighted by atomic mass is 19.4. The molecule has 0 atom stereocenters. The molecule has 0 aliphatic heterocycles. The van der Waals surface area contributed by atoms with Crippen molar-refractivity contribution in [1.82, 2.24) is 19.5 Å². The van der Waals surface area contributed by atoms with Gasteiger partial charge in [0.05, 0.1) is 6.20 Å². The fraction of sp³-hybridized carbons (Fsp3) is 0.615. The van der Waals surface area contributed by atoms with Crippen LogP contribution in [0.3, 0.4) is 0 Å². The first-order valence-corrected chi connectivity index (χ1v) is 7.08. The molecule has 112 valence electrons. The van der Waals surface area contributed by atoms with E-state index in [4.69, 9.17) is 0 Å². The lowest BCUT2D eigenvalue weighted by Crippen LogP contribution is -2.13. The van der Waals surface area contributed by atoms with Gasteiger partial charge in [0.25, 0.3) is 0 Å². The normalized spacial score (nSPS) is 19.2. The average Bonchev–Trinajstić information content (AvgIpc) is 3.29. The fourth-order valence-corrected chi connectivity index (χ4v) is 2.31. The summed E-state index contributed by atoms with van der Waals surface area (Å²) in [4.78, 5) is 11.4. The number of nitrogens with one attached hydrogen (secondary N) is 1. The third-order valence-corrected chi connectivity index (χ3v) is 3.79. The molecule has 5 nitrogen and oxygen atoms in total. The van der Waals surface area contributed by atoms with Gasteiger partial charge < -0.3 is 5.32 Å². The molecule has 2 aliphatic rings. The molecule has 0 saturated heterocycles. The highest BCUT2D eigenvalue weighted by Gasteiger charge is 2.36. The second kappa shape index (κ2) is 4.32. The van der Waals surface area contributed by atoms with Gasteiger partial charge in [-0.2, -0.15) is 13.2 Å². The lowest BCUT2D eigenvalue weighted by Gasteiger charge is -2.09. The monoisotopic (exact) mass is 297 g/mol. The number of fused-ring (bicyclic) bond motifs is 1. The van der Waals surface area contributed by atoms with Crippen LogP contribution in [0.5, 0.6) is 0 Å². The number of hydrogen-bond donors (Lipinski definition) is 1. The highest BCUT2D eigenvalue weighted by molar-refractivity contribution is 5.74. The van der Waals surface area contributed by atoms with Gasteiger partial charge in [-0.05, 0) is 31.6 Å². The van der Waals surface area contributed by atoms with Crippen molar-refractivity contribution in [2.45, 2.75) is 44.4 Å². The number of aromatic nitrogens is 4. The molecule has 0 amide bonds. The van der Waals surface area contributed by atoms with E-state index in [1.165, 1.54) is 0 Å². The predicted octanol–water partition coefficient (Wildman–Crippen LogP) is 2.83. The predicted molar refractivity (Wildman–Crippen MR) is 69.7 cm³/mol. The molecule has 2 fully saturated rings. The molecule has 0 aromatic carbocycles. The molecule has 8 heteroatoms. The summed E-state index contributed by atoms with van der Waals surface area (Å²) in [7, 11) is 0. The molecule has 2 aliphatic carbocycles. The minimum atomic E-state index is -4.53. The van der Waals surface area contributed by atoms with Crippen LogP contribution in [0.25, 0.3) is 11.2 Å². The third-order valence-electron chi connectivity index (χ3n) is 3.79. The molecular weight excluding hydrogens is 283 g/mol. The van der Waals surface area contributed by atoms with Crippen molar-refractivity contribution in [1.29, 1.82) is 0 Å². The van der Waals surface area contributed by atoms with Crippen molar-refractivity contribution >= 4 is 17.1 Å². The standard InChI is InChI=1S/C13H14F3N5/c14-13(15,16)11-17-5-9-10(20-11)21(6-7-1-2-7)12(19-9)18-8-3-4-8/h5,7-8H,1-4,6H2,(H,18,19). The van der Waals surface area contributed by atoms with Crippen LogP contribution in [-0.2, 0) is 12.7 Å². The minimum absolute atomic E-state index is 0.271. The van der Waals surface area contributed by atoms with E-state index in [0.717, 1.165) is 31.9 Å². The zero-order chi connectivity index (χ0) is 14.6. The SMILES string of the molecule is FC(F)(F)c1ncc2nc(NC3CC3)n(CC3CC3)c2n1. The van der Waals surface area contributed by atoms with Crippen LogP contribution in [0.15, 0.2) is 6.20 Å². The van der Waals surface area contributed by atoms with Crippen LogP contribution in [0.1, 0.15) is 31.5 Å². The molecular formula is C13H14F3N5. The summed E-state index contributed by atoms with van der Waals surface area (Å²) in [5, 5.41) is 3.27. The summed E-state index contributed by atoms with van der Waals surface area (Å²) in [5.41, 5.74) is 0.680. The zero-order valence-corrected chi connectivity index (χ0v) is 11.2. The Morgan fingerprint density at radius 2 is 1.95 bits per heavy atom. The molecule has 2 aromatic rings. The quantitative estimate of drug-likeness (QED) is 0.943. The van der Waals surface area contributed by atoms with E-state index in [1.54, 1.807) is 4.57 Å². The van der Waals surface area contributed by atoms with Crippen molar-refractivity contribution < 1.29 is 13.2 Å². The zero-order valence-electron chi connectivity index (χ0n) is 11.2. The first kappa shape index (κ1) is 12.8. The smallest absolute Gasteiger partial charge is 0.353 e. The Bertz CT molecular complexity index is 685. The Morgan fingerprint density at radius 3 is 2.57 bits per heavy atom. The van der Waals surface area contributed by atoms with E-state index in [2.05, 4.69) is 20.3 Å². The lowest BCUT2D eigenvalue weighted by atomic mass is 10.4. The van der Waals surface area contributed by atoms with E-state index in [9.17, 15) is 13.2 Å². The van der Waals surface area contributed by atoms with Gasteiger partial charge in [0.15, 0.2) is 5.65 Å². The average molecular weight is 297 g/mol. The Morgan fingerprint density at radius 1 is 1.19 bits per heavy atom. The van der Waals surface area contributed by atoms with Crippen molar-refractivity contribution in [3.05, 3.63) is 12.0 Å². The largest absolute Gasteiger partial charge is 0.451 e. The van der Waals surface area contributed by atoms with E-state index in [1.807, 2.05) is 0 Å². The second-order valence-corrected chi connectivity index (χ2v) is 5.81.